The summed E-state index contributed by atoms with van der Waals surface area (Å²) in [7, 11) is 0. The van der Waals surface area contributed by atoms with Crippen LogP contribution in [0.1, 0.15) is 12.8 Å². The molecular formula is C4H6N2O3S. The van der Waals surface area contributed by atoms with Crippen molar-refractivity contribution in [2.45, 2.75) is 12.8 Å². The Kier molecular flexibility index (Phi) is 3.67. The van der Waals surface area contributed by atoms with Crippen LogP contribution in [0.25, 0.3) is 0 Å². The first-order valence-corrected chi connectivity index (χ1v) is 2.87. The van der Waals surface area contributed by atoms with E-state index in [2.05, 4.69) is 12.4 Å². The molecule has 1 fully saturated rings. The first-order valence-electron chi connectivity index (χ1n) is 2.47. The van der Waals surface area contributed by atoms with Gasteiger partial charge in [-0.1, -0.05) is 0 Å². The first kappa shape index (κ1) is 9.12. The molecule has 10 heavy (non-hydrogen) atoms. The monoisotopic (exact) mass is 162 g/mol. The highest BCUT2D eigenvalue weighted by Gasteiger charge is 2.26. The van der Waals surface area contributed by atoms with Crippen LogP contribution in [0.15, 0.2) is 0 Å². The minimum atomic E-state index is -0.505. The van der Waals surface area contributed by atoms with Gasteiger partial charge in [-0.05, 0) is 0 Å². The van der Waals surface area contributed by atoms with E-state index in [9.17, 15) is 9.59 Å². The van der Waals surface area contributed by atoms with Crippen molar-refractivity contribution in [1.29, 1.82) is 4.78 Å². The van der Waals surface area contributed by atoms with E-state index in [4.69, 9.17) is 9.99 Å². The standard InChI is InChI=1S/C4H5NO3.HNS/c6-3-1-2-4(7)5(3)8;1-2/h8H,1-2H2;1H. The van der Waals surface area contributed by atoms with Gasteiger partial charge < -0.3 is 0 Å². The second-order valence-corrected chi connectivity index (χ2v) is 1.60. The lowest BCUT2D eigenvalue weighted by Crippen LogP contribution is -2.24. The van der Waals surface area contributed by atoms with Gasteiger partial charge in [0.05, 0.1) is 0 Å². The Morgan fingerprint density at radius 3 is 1.70 bits per heavy atom. The number of rotatable bonds is 0. The molecule has 0 spiro atoms. The van der Waals surface area contributed by atoms with Crippen LogP contribution in [-0.2, 0) is 22.0 Å². The average Bonchev–Trinajstić information content (AvgIpc) is 2.25. The summed E-state index contributed by atoms with van der Waals surface area (Å²) < 4.78 is 5.33. The fourth-order valence-electron chi connectivity index (χ4n) is 0.565. The fraction of sp³-hybridized carbons (Fsp3) is 0.500. The van der Waals surface area contributed by atoms with Crippen molar-refractivity contribution in [2.75, 3.05) is 0 Å². The van der Waals surface area contributed by atoms with Crippen molar-refractivity contribution in [2.24, 2.45) is 0 Å². The summed E-state index contributed by atoms with van der Waals surface area (Å²) in [4.78, 5) is 20.5. The molecular weight excluding hydrogens is 156 g/mol. The van der Waals surface area contributed by atoms with E-state index in [1.165, 1.54) is 0 Å². The molecule has 5 nitrogen and oxygen atoms in total. The number of nitrogens with zero attached hydrogens (tertiary/aromatic N) is 1. The third-order valence-electron chi connectivity index (χ3n) is 1.03. The second kappa shape index (κ2) is 4.02. The molecule has 0 unspecified atom stereocenters. The molecule has 0 aromatic carbocycles. The summed E-state index contributed by atoms with van der Waals surface area (Å²) in [6.45, 7) is 0. The van der Waals surface area contributed by atoms with E-state index < -0.39 is 11.8 Å². The zero-order valence-electron chi connectivity index (χ0n) is 5.03. The maximum atomic E-state index is 10.2. The molecule has 1 heterocycles. The Balaban J connectivity index is 0.000000371. The van der Waals surface area contributed by atoms with Crippen molar-refractivity contribution >= 4 is 24.2 Å². The molecule has 2 N–H and O–H groups in total. The molecule has 6 heteroatoms. The van der Waals surface area contributed by atoms with Crippen LogP contribution in [0.3, 0.4) is 0 Å². The second-order valence-electron chi connectivity index (χ2n) is 1.60. The summed E-state index contributed by atoms with van der Waals surface area (Å²) in [5.41, 5.74) is 0. The van der Waals surface area contributed by atoms with Gasteiger partial charge in [0, 0.05) is 25.3 Å². The van der Waals surface area contributed by atoms with Crippen LogP contribution in [0.2, 0.25) is 0 Å². The van der Waals surface area contributed by atoms with E-state index in [-0.39, 0.29) is 17.9 Å². The van der Waals surface area contributed by atoms with Crippen LogP contribution in [-0.4, -0.2) is 22.1 Å². The van der Waals surface area contributed by atoms with Crippen LogP contribution >= 0.6 is 0 Å². The van der Waals surface area contributed by atoms with Crippen molar-refractivity contribution in [3.63, 3.8) is 0 Å². The molecule has 1 aliphatic rings. The lowest BCUT2D eigenvalue weighted by Gasteiger charge is -1.98. The highest BCUT2D eigenvalue weighted by molar-refractivity contribution is 7.45. The number of hydrogen-bond donors (Lipinski definition) is 2. The summed E-state index contributed by atoms with van der Waals surface area (Å²) in [6, 6.07) is 0. The molecule has 0 aromatic heterocycles. The van der Waals surface area contributed by atoms with Crippen molar-refractivity contribution in [1.82, 2.24) is 5.06 Å². The predicted molar refractivity (Wildman–Crippen MR) is 33.0 cm³/mol. The van der Waals surface area contributed by atoms with Crippen LogP contribution in [0, 0.1) is 4.78 Å². The minimum Gasteiger partial charge on any atom is -0.279 e. The number of hydrogen-bond acceptors (Lipinski definition) is 5. The fourth-order valence-corrected chi connectivity index (χ4v) is 0.565. The Labute approximate surface area is 62.5 Å². The predicted octanol–water partition coefficient (Wildman–Crippen LogP) is -0.180. The number of carbonyl (C=O) groups excluding carboxylic acids is 2. The number of hydroxylamine groups is 2. The van der Waals surface area contributed by atoms with Crippen molar-refractivity contribution < 1.29 is 14.8 Å². The van der Waals surface area contributed by atoms with E-state index >= 15 is 0 Å². The smallest absolute Gasteiger partial charge is 0.253 e. The molecule has 0 bridgehead atoms. The molecule has 0 saturated carbocycles. The van der Waals surface area contributed by atoms with Gasteiger partial charge in [-0.3, -0.25) is 14.8 Å². The van der Waals surface area contributed by atoms with E-state index in [1.807, 2.05) is 0 Å². The Morgan fingerprint density at radius 2 is 1.60 bits per heavy atom. The molecule has 56 valence electrons. The lowest BCUT2D eigenvalue weighted by molar-refractivity contribution is -0.171. The first-order chi connectivity index (χ1) is 4.72. The third-order valence-corrected chi connectivity index (χ3v) is 1.03. The number of amides is 2. The molecule has 2 amide bonds. The normalized spacial score (nSPS) is 16.7. The molecule has 1 rings (SSSR count). The van der Waals surface area contributed by atoms with Crippen LogP contribution in [0.4, 0.5) is 0 Å². The van der Waals surface area contributed by atoms with Crippen LogP contribution < -0.4 is 0 Å². The van der Waals surface area contributed by atoms with E-state index in [0.29, 0.717) is 0 Å². The van der Waals surface area contributed by atoms with Gasteiger partial charge in [0.25, 0.3) is 11.8 Å². The molecule has 0 aromatic rings. The minimum absolute atomic E-state index is 0.148. The lowest BCUT2D eigenvalue weighted by atomic mass is 10.4. The Bertz CT molecular complexity index is 145. The summed E-state index contributed by atoms with van der Waals surface area (Å²) >= 11 is 3.33. The third kappa shape index (κ3) is 1.82. The van der Waals surface area contributed by atoms with Crippen molar-refractivity contribution in [3.05, 3.63) is 0 Å². The van der Waals surface area contributed by atoms with Gasteiger partial charge in [-0.2, -0.15) is 5.06 Å². The largest absolute Gasteiger partial charge is 0.279 e. The van der Waals surface area contributed by atoms with Gasteiger partial charge in [0.1, 0.15) is 0 Å². The molecule has 1 aliphatic heterocycles. The maximum absolute atomic E-state index is 10.2. The van der Waals surface area contributed by atoms with Gasteiger partial charge in [-0.25, -0.2) is 4.78 Å². The molecule has 0 atom stereocenters. The maximum Gasteiger partial charge on any atom is 0.253 e. The van der Waals surface area contributed by atoms with Gasteiger partial charge >= 0.3 is 0 Å². The van der Waals surface area contributed by atoms with E-state index in [1.54, 1.807) is 0 Å². The summed E-state index contributed by atoms with van der Waals surface area (Å²) in [5, 5.41) is 8.57. The van der Waals surface area contributed by atoms with Gasteiger partial charge in [0.15, 0.2) is 0 Å². The Hall–Kier alpha value is -0.880. The summed E-state index contributed by atoms with van der Waals surface area (Å²) in [6.07, 6.45) is 0.296. The highest BCUT2D eigenvalue weighted by atomic mass is 32.1. The van der Waals surface area contributed by atoms with Crippen molar-refractivity contribution in [3.8, 4) is 0 Å². The zero-order valence-corrected chi connectivity index (χ0v) is 5.85. The topological polar surface area (TPSA) is 81.5 Å². The van der Waals surface area contributed by atoms with Gasteiger partial charge in [0.2, 0.25) is 0 Å². The molecule has 0 aliphatic carbocycles. The number of carbonyl (C=O) groups is 2. The number of nitrogens with one attached hydrogen (secondary N) is 1. The van der Waals surface area contributed by atoms with E-state index in [0.717, 1.165) is 0 Å². The zero-order chi connectivity index (χ0) is 8.15. The Morgan fingerprint density at radius 1 is 1.30 bits per heavy atom. The molecule has 0 radical (unpaired) electrons. The number of imide groups is 1. The van der Waals surface area contributed by atoms with Crippen LogP contribution in [0.5, 0.6) is 0 Å². The SMILES string of the molecule is N=S.O=C1CCC(=O)N1O. The molecule has 1 saturated heterocycles. The highest BCUT2D eigenvalue weighted by Crippen LogP contribution is 2.06. The van der Waals surface area contributed by atoms with Gasteiger partial charge in [-0.15, -0.1) is 0 Å². The average molecular weight is 162 g/mol. The summed E-state index contributed by atoms with van der Waals surface area (Å²) in [5.74, 6) is -1.01. The quantitative estimate of drug-likeness (QED) is 0.382.